The molecule has 0 atom stereocenters. The van der Waals surface area contributed by atoms with E-state index in [1.807, 2.05) is 13.0 Å². The second-order valence-electron chi connectivity index (χ2n) is 3.09. The zero-order valence-corrected chi connectivity index (χ0v) is 8.18. The Hall–Kier alpha value is -2.35. The van der Waals surface area contributed by atoms with Gasteiger partial charge < -0.3 is 5.73 Å². The monoisotopic (exact) mass is 199 g/mol. The molecule has 15 heavy (non-hydrogen) atoms. The third-order valence-corrected chi connectivity index (χ3v) is 2.08. The van der Waals surface area contributed by atoms with Gasteiger partial charge in [-0.3, -0.25) is 4.57 Å². The predicted molar refractivity (Wildman–Crippen MR) is 55.2 cm³/mol. The molecule has 0 amide bonds. The van der Waals surface area contributed by atoms with Crippen LogP contribution >= 0.6 is 0 Å². The van der Waals surface area contributed by atoms with E-state index in [9.17, 15) is 0 Å². The van der Waals surface area contributed by atoms with Gasteiger partial charge in [-0.25, -0.2) is 9.97 Å². The van der Waals surface area contributed by atoms with Gasteiger partial charge in [-0.2, -0.15) is 5.26 Å². The van der Waals surface area contributed by atoms with Crippen molar-refractivity contribution in [2.24, 2.45) is 0 Å². The van der Waals surface area contributed by atoms with Gasteiger partial charge >= 0.3 is 0 Å². The average Bonchev–Trinajstić information content (AvgIpc) is 2.64. The first kappa shape index (κ1) is 9.21. The van der Waals surface area contributed by atoms with Crippen molar-refractivity contribution >= 4 is 5.69 Å². The summed E-state index contributed by atoms with van der Waals surface area (Å²) in [6, 6.07) is 3.59. The van der Waals surface area contributed by atoms with Crippen molar-refractivity contribution in [1.29, 1.82) is 5.26 Å². The highest BCUT2D eigenvalue weighted by Crippen LogP contribution is 2.16. The van der Waals surface area contributed by atoms with E-state index in [-0.39, 0.29) is 0 Å². The lowest BCUT2D eigenvalue weighted by Gasteiger charge is -2.06. The number of rotatable bonds is 1. The minimum Gasteiger partial charge on any atom is -0.396 e. The normalized spacial score (nSPS) is 9.87. The Labute approximate surface area is 86.8 Å². The average molecular weight is 199 g/mol. The number of aryl methyl sites for hydroxylation is 1. The summed E-state index contributed by atoms with van der Waals surface area (Å²) in [4.78, 5) is 8.21. The van der Waals surface area contributed by atoms with Gasteiger partial charge in [-0.05, 0) is 13.0 Å². The van der Waals surface area contributed by atoms with Crippen LogP contribution in [0.2, 0.25) is 0 Å². The third-order valence-electron chi connectivity index (χ3n) is 2.08. The van der Waals surface area contributed by atoms with Crippen molar-refractivity contribution < 1.29 is 0 Å². The van der Waals surface area contributed by atoms with Crippen molar-refractivity contribution in [3.05, 3.63) is 36.0 Å². The van der Waals surface area contributed by atoms with Crippen LogP contribution in [0.3, 0.4) is 0 Å². The molecule has 0 saturated heterocycles. The molecule has 0 bridgehead atoms. The van der Waals surface area contributed by atoms with E-state index < -0.39 is 0 Å². The van der Waals surface area contributed by atoms with Crippen molar-refractivity contribution in [3.63, 3.8) is 0 Å². The fourth-order valence-electron chi connectivity index (χ4n) is 1.34. The maximum Gasteiger partial charge on any atom is 0.161 e. The molecule has 0 saturated carbocycles. The highest BCUT2D eigenvalue weighted by Gasteiger charge is 2.06. The molecular formula is C10H9N5. The molecule has 2 aromatic heterocycles. The quantitative estimate of drug-likeness (QED) is 0.743. The van der Waals surface area contributed by atoms with Crippen LogP contribution in [-0.2, 0) is 0 Å². The van der Waals surface area contributed by atoms with Gasteiger partial charge in [0, 0.05) is 18.6 Å². The lowest BCUT2D eigenvalue weighted by atomic mass is 10.3. The molecule has 5 heteroatoms. The molecule has 0 fully saturated rings. The van der Waals surface area contributed by atoms with E-state index in [1.165, 1.54) is 6.20 Å². The summed E-state index contributed by atoms with van der Waals surface area (Å²) in [7, 11) is 0. The lowest BCUT2D eigenvalue weighted by Crippen LogP contribution is -2.03. The summed E-state index contributed by atoms with van der Waals surface area (Å²) < 4.78 is 1.77. The van der Waals surface area contributed by atoms with Crippen LogP contribution in [-0.4, -0.2) is 14.5 Å². The molecule has 0 aliphatic rings. The molecule has 2 aromatic rings. The van der Waals surface area contributed by atoms with E-state index in [2.05, 4.69) is 9.97 Å². The van der Waals surface area contributed by atoms with E-state index in [0.717, 1.165) is 5.82 Å². The van der Waals surface area contributed by atoms with Crippen LogP contribution < -0.4 is 5.73 Å². The van der Waals surface area contributed by atoms with Crippen LogP contribution in [0.15, 0.2) is 24.7 Å². The minimum atomic E-state index is 0.453. The molecule has 0 aromatic carbocycles. The maximum absolute atomic E-state index is 8.67. The van der Waals surface area contributed by atoms with E-state index >= 15 is 0 Å². The van der Waals surface area contributed by atoms with Gasteiger partial charge in [0.2, 0.25) is 0 Å². The largest absolute Gasteiger partial charge is 0.396 e. The first-order valence-electron chi connectivity index (χ1n) is 4.38. The van der Waals surface area contributed by atoms with Crippen molar-refractivity contribution in [3.8, 4) is 11.9 Å². The molecule has 2 heterocycles. The summed E-state index contributed by atoms with van der Waals surface area (Å²) in [5.74, 6) is 1.41. The molecule has 0 aliphatic carbocycles. The maximum atomic E-state index is 8.67. The Morgan fingerprint density at radius 1 is 1.47 bits per heavy atom. The fourth-order valence-corrected chi connectivity index (χ4v) is 1.34. The summed E-state index contributed by atoms with van der Waals surface area (Å²) in [6.45, 7) is 1.86. The molecule has 0 unspecified atom stereocenters. The van der Waals surface area contributed by atoms with Gasteiger partial charge in [0.25, 0.3) is 0 Å². The zero-order chi connectivity index (χ0) is 10.8. The minimum absolute atomic E-state index is 0.453. The fraction of sp³-hybridized carbons (Fsp3) is 0.100. The van der Waals surface area contributed by atoms with Crippen LogP contribution in [0.4, 0.5) is 5.69 Å². The van der Waals surface area contributed by atoms with Gasteiger partial charge in [-0.15, -0.1) is 0 Å². The number of nitrogen functional groups attached to an aromatic ring is 1. The van der Waals surface area contributed by atoms with Crippen molar-refractivity contribution in [2.75, 3.05) is 5.73 Å². The number of anilines is 1. The summed E-state index contributed by atoms with van der Waals surface area (Å²) >= 11 is 0. The van der Waals surface area contributed by atoms with Crippen LogP contribution in [0.5, 0.6) is 0 Å². The van der Waals surface area contributed by atoms with Crippen molar-refractivity contribution in [1.82, 2.24) is 14.5 Å². The van der Waals surface area contributed by atoms with Crippen LogP contribution in [0.1, 0.15) is 11.4 Å². The number of hydrogen-bond acceptors (Lipinski definition) is 4. The highest BCUT2D eigenvalue weighted by atomic mass is 15.1. The van der Waals surface area contributed by atoms with Crippen LogP contribution in [0, 0.1) is 18.3 Å². The molecule has 2 N–H and O–H groups in total. The van der Waals surface area contributed by atoms with Crippen molar-refractivity contribution in [2.45, 2.75) is 6.92 Å². The van der Waals surface area contributed by atoms with Gasteiger partial charge in [0.1, 0.15) is 11.9 Å². The molecule has 0 aliphatic heterocycles. The number of nitrogens with two attached hydrogens (primary N) is 1. The summed E-state index contributed by atoms with van der Waals surface area (Å²) in [6.07, 6.45) is 4.94. The Morgan fingerprint density at radius 3 is 2.80 bits per heavy atom. The van der Waals surface area contributed by atoms with E-state index in [0.29, 0.717) is 17.1 Å². The van der Waals surface area contributed by atoms with Gasteiger partial charge in [0.05, 0.1) is 11.3 Å². The SMILES string of the molecule is Cc1nccn1-c1ncc(C#N)cc1N. The Morgan fingerprint density at radius 2 is 2.27 bits per heavy atom. The summed E-state index contributed by atoms with van der Waals surface area (Å²) in [5, 5.41) is 8.67. The third kappa shape index (κ3) is 1.53. The number of nitrogens with zero attached hydrogens (tertiary/aromatic N) is 4. The summed E-state index contributed by atoms with van der Waals surface area (Å²) in [5.41, 5.74) is 6.72. The van der Waals surface area contributed by atoms with Crippen LogP contribution in [0.25, 0.3) is 5.82 Å². The second-order valence-corrected chi connectivity index (χ2v) is 3.09. The van der Waals surface area contributed by atoms with E-state index in [1.54, 1.807) is 23.0 Å². The number of imidazole rings is 1. The number of aromatic nitrogens is 3. The standard InChI is InChI=1S/C10H9N5/c1-7-13-2-3-15(7)10-9(12)4-8(5-11)6-14-10/h2-4,6H,12H2,1H3. The zero-order valence-electron chi connectivity index (χ0n) is 8.18. The molecular weight excluding hydrogens is 190 g/mol. The Balaban J connectivity index is 2.56. The molecule has 2 rings (SSSR count). The molecule has 5 nitrogen and oxygen atoms in total. The van der Waals surface area contributed by atoms with E-state index in [4.69, 9.17) is 11.0 Å². The molecule has 0 radical (unpaired) electrons. The second kappa shape index (κ2) is 3.42. The predicted octanol–water partition coefficient (Wildman–Crippen LogP) is 1.03. The smallest absolute Gasteiger partial charge is 0.161 e. The first-order chi connectivity index (χ1) is 7.22. The van der Waals surface area contributed by atoms with Gasteiger partial charge in [0.15, 0.2) is 5.82 Å². The number of pyridine rings is 1. The Kier molecular flexibility index (Phi) is 2.10. The lowest BCUT2D eigenvalue weighted by molar-refractivity contribution is 0.935. The first-order valence-corrected chi connectivity index (χ1v) is 4.38. The molecule has 74 valence electrons. The molecule has 0 spiro atoms. The number of nitriles is 1. The number of hydrogen-bond donors (Lipinski definition) is 1. The Bertz CT molecular complexity index is 535. The topological polar surface area (TPSA) is 80.5 Å². The van der Waals surface area contributed by atoms with Gasteiger partial charge in [-0.1, -0.05) is 0 Å². The highest BCUT2D eigenvalue weighted by molar-refractivity contribution is 5.56.